The number of aromatic nitrogens is 2. The molecule has 0 amide bonds. The van der Waals surface area contributed by atoms with E-state index in [4.69, 9.17) is 5.73 Å². The zero-order valence-electron chi connectivity index (χ0n) is 8.88. The van der Waals surface area contributed by atoms with E-state index in [9.17, 15) is 10.1 Å². The minimum atomic E-state index is -0.556. The van der Waals surface area contributed by atoms with Crippen LogP contribution in [-0.4, -0.2) is 20.9 Å². The summed E-state index contributed by atoms with van der Waals surface area (Å²) < 4.78 is 0. The number of hydrogen-bond acceptors (Lipinski definition) is 6. The molecule has 7 nitrogen and oxygen atoms in total. The summed E-state index contributed by atoms with van der Waals surface area (Å²) in [5.74, 6) is 0.778. The highest BCUT2D eigenvalue weighted by Crippen LogP contribution is 2.33. The van der Waals surface area contributed by atoms with Gasteiger partial charge in [-0.2, -0.15) is 0 Å². The molecule has 16 heavy (non-hydrogen) atoms. The fourth-order valence-corrected chi connectivity index (χ4v) is 1.89. The number of nitro groups is 1. The van der Waals surface area contributed by atoms with Crippen molar-refractivity contribution >= 4 is 17.3 Å². The van der Waals surface area contributed by atoms with Crippen molar-refractivity contribution in [3.63, 3.8) is 0 Å². The van der Waals surface area contributed by atoms with Crippen LogP contribution in [0.2, 0.25) is 0 Å². The van der Waals surface area contributed by atoms with E-state index in [2.05, 4.69) is 22.2 Å². The standard InChI is InChI=1S/C9H13N5O2/c1-5-2-6(3-5)13-9-7(14(15)16)8(10)11-4-12-9/h4-6H,2-3H2,1H3,(H3,10,11,12,13). The third-order valence-electron chi connectivity index (χ3n) is 2.75. The number of anilines is 2. The molecule has 86 valence electrons. The van der Waals surface area contributed by atoms with E-state index in [0.717, 1.165) is 12.8 Å². The maximum atomic E-state index is 10.8. The molecule has 1 aromatic heterocycles. The van der Waals surface area contributed by atoms with Crippen LogP contribution in [0.25, 0.3) is 0 Å². The van der Waals surface area contributed by atoms with Crippen LogP contribution in [0, 0.1) is 16.0 Å². The molecule has 1 aliphatic rings. The molecular formula is C9H13N5O2. The van der Waals surface area contributed by atoms with Crippen LogP contribution in [-0.2, 0) is 0 Å². The second-order valence-electron chi connectivity index (χ2n) is 4.13. The predicted molar refractivity (Wildman–Crippen MR) is 58.9 cm³/mol. The molecule has 1 aromatic rings. The maximum Gasteiger partial charge on any atom is 0.352 e. The molecule has 2 rings (SSSR count). The van der Waals surface area contributed by atoms with Crippen molar-refractivity contribution in [3.05, 3.63) is 16.4 Å². The second-order valence-corrected chi connectivity index (χ2v) is 4.13. The summed E-state index contributed by atoms with van der Waals surface area (Å²) >= 11 is 0. The minimum Gasteiger partial charge on any atom is -0.378 e. The highest BCUT2D eigenvalue weighted by Gasteiger charge is 2.29. The lowest BCUT2D eigenvalue weighted by atomic mass is 9.82. The highest BCUT2D eigenvalue weighted by molar-refractivity contribution is 5.67. The van der Waals surface area contributed by atoms with Crippen LogP contribution < -0.4 is 11.1 Å². The number of nitrogen functional groups attached to an aromatic ring is 1. The highest BCUT2D eigenvalue weighted by atomic mass is 16.6. The molecule has 0 aromatic carbocycles. The van der Waals surface area contributed by atoms with Crippen LogP contribution >= 0.6 is 0 Å². The third-order valence-corrected chi connectivity index (χ3v) is 2.75. The number of nitrogens with two attached hydrogens (primary N) is 1. The monoisotopic (exact) mass is 223 g/mol. The third kappa shape index (κ3) is 1.88. The molecule has 1 heterocycles. The Kier molecular flexibility index (Phi) is 2.59. The van der Waals surface area contributed by atoms with E-state index < -0.39 is 4.92 Å². The van der Waals surface area contributed by atoms with Crippen LogP contribution in [0.5, 0.6) is 0 Å². The van der Waals surface area contributed by atoms with E-state index in [1.54, 1.807) is 0 Å². The summed E-state index contributed by atoms with van der Waals surface area (Å²) in [6, 6.07) is 0.253. The number of rotatable bonds is 3. The molecule has 0 saturated heterocycles. The van der Waals surface area contributed by atoms with Crippen LogP contribution in [0.1, 0.15) is 19.8 Å². The number of nitrogens with one attached hydrogen (secondary N) is 1. The van der Waals surface area contributed by atoms with Crippen molar-refractivity contribution in [2.45, 2.75) is 25.8 Å². The lowest BCUT2D eigenvalue weighted by Gasteiger charge is -2.33. The lowest BCUT2D eigenvalue weighted by molar-refractivity contribution is -0.383. The molecule has 0 bridgehead atoms. The van der Waals surface area contributed by atoms with Crippen molar-refractivity contribution in [2.24, 2.45) is 5.92 Å². The Morgan fingerprint density at radius 1 is 1.56 bits per heavy atom. The van der Waals surface area contributed by atoms with Gasteiger partial charge in [0.05, 0.1) is 4.92 Å². The zero-order valence-corrected chi connectivity index (χ0v) is 8.88. The summed E-state index contributed by atoms with van der Waals surface area (Å²) in [5.41, 5.74) is 5.22. The smallest absolute Gasteiger partial charge is 0.352 e. The van der Waals surface area contributed by atoms with Gasteiger partial charge in [-0.25, -0.2) is 9.97 Å². The Balaban J connectivity index is 2.19. The van der Waals surface area contributed by atoms with Gasteiger partial charge >= 0.3 is 5.69 Å². The summed E-state index contributed by atoms with van der Waals surface area (Å²) in [5, 5.41) is 13.8. The Morgan fingerprint density at radius 3 is 2.81 bits per heavy atom. The topological polar surface area (TPSA) is 107 Å². The first-order chi connectivity index (χ1) is 7.58. The molecule has 0 aliphatic heterocycles. The van der Waals surface area contributed by atoms with Crippen molar-refractivity contribution in [3.8, 4) is 0 Å². The second kappa shape index (κ2) is 3.92. The van der Waals surface area contributed by atoms with Gasteiger partial charge in [0.15, 0.2) is 0 Å². The van der Waals surface area contributed by atoms with Gasteiger partial charge in [-0.3, -0.25) is 10.1 Å². The van der Waals surface area contributed by atoms with E-state index in [1.807, 2.05) is 0 Å². The molecule has 0 atom stereocenters. The van der Waals surface area contributed by atoms with Crippen molar-refractivity contribution < 1.29 is 4.92 Å². The molecule has 0 radical (unpaired) electrons. The first-order valence-electron chi connectivity index (χ1n) is 5.09. The van der Waals surface area contributed by atoms with E-state index in [0.29, 0.717) is 5.92 Å². The number of hydrogen-bond donors (Lipinski definition) is 2. The fourth-order valence-electron chi connectivity index (χ4n) is 1.89. The SMILES string of the molecule is CC1CC(Nc2ncnc(N)c2[N+](=O)[O-])C1. The van der Waals surface area contributed by atoms with Gasteiger partial charge in [0.1, 0.15) is 6.33 Å². The summed E-state index contributed by atoms with van der Waals surface area (Å²) in [4.78, 5) is 17.7. The molecule has 7 heteroatoms. The Labute approximate surface area is 92.2 Å². The van der Waals surface area contributed by atoms with Crippen molar-refractivity contribution in [1.29, 1.82) is 0 Å². The molecule has 3 N–H and O–H groups in total. The lowest BCUT2D eigenvalue weighted by Crippen LogP contribution is -2.34. The Bertz CT molecular complexity index is 416. The number of nitrogens with zero attached hydrogens (tertiary/aromatic N) is 3. The summed E-state index contributed by atoms with van der Waals surface area (Å²) in [7, 11) is 0. The molecule has 1 fully saturated rings. The average molecular weight is 223 g/mol. The first-order valence-corrected chi connectivity index (χ1v) is 5.09. The van der Waals surface area contributed by atoms with Gasteiger partial charge in [0, 0.05) is 6.04 Å². The fraction of sp³-hybridized carbons (Fsp3) is 0.556. The van der Waals surface area contributed by atoms with Gasteiger partial charge < -0.3 is 11.1 Å². The van der Waals surface area contributed by atoms with Crippen LogP contribution in [0.3, 0.4) is 0 Å². The van der Waals surface area contributed by atoms with Gasteiger partial charge in [-0.1, -0.05) is 6.92 Å². The Morgan fingerprint density at radius 2 is 2.25 bits per heavy atom. The zero-order chi connectivity index (χ0) is 11.7. The largest absolute Gasteiger partial charge is 0.378 e. The predicted octanol–water partition coefficient (Wildman–Crippen LogP) is 1.18. The summed E-state index contributed by atoms with van der Waals surface area (Å²) in [6.07, 6.45) is 3.23. The summed E-state index contributed by atoms with van der Waals surface area (Å²) in [6.45, 7) is 2.14. The van der Waals surface area contributed by atoms with Crippen molar-refractivity contribution in [2.75, 3.05) is 11.1 Å². The minimum absolute atomic E-state index is 0.102. The normalized spacial score (nSPS) is 23.6. The van der Waals surface area contributed by atoms with Crippen molar-refractivity contribution in [1.82, 2.24) is 9.97 Å². The van der Waals surface area contributed by atoms with E-state index in [-0.39, 0.29) is 23.4 Å². The average Bonchev–Trinajstić information content (AvgIpc) is 2.14. The van der Waals surface area contributed by atoms with Gasteiger partial charge in [-0.15, -0.1) is 0 Å². The molecular weight excluding hydrogens is 210 g/mol. The van der Waals surface area contributed by atoms with Gasteiger partial charge in [0.25, 0.3) is 0 Å². The first kappa shape index (κ1) is 10.6. The maximum absolute atomic E-state index is 10.8. The van der Waals surface area contributed by atoms with Crippen LogP contribution in [0.4, 0.5) is 17.3 Å². The van der Waals surface area contributed by atoms with Gasteiger partial charge in [-0.05, 0) is 18.8 Å². The van der Waals surface area contributed by atoms with Gasteiger partial charge in [0.2, 0.25) is 11.6 Å². The van der Waals surface area contributed by atoms with E-state index in [1.165, 1.54) is 6.33 Å². The molecule has 1 aliphatic carbocycles. The van der Waals surface area contributed by atoms with E-state index >= 15 is 0 Å². The Hall–Kier alpha value is -1.92. The molecule has 1 saturated carbocycles. The molecule has 0 spiro atoms. The van der Waals surface area contributed by atoms with Crippen LogP contribution in [0.15, 0.2) is 6.33 Å². The molecule has 0 unspecified atom stereocenters. The quantitative estimate of drug-likeness (QED) is 0.588.